The van der Waals surface area contributed by atoms with Crippen molar-refractivity contribution in [3.63, 3.8) is 0 Å². The molecule has 5 rings (SSSR count). The first-order valence-corrected chi connectivity index (χ1v) is 8.71. The summed E-state index contributed by atoms with van der Waals surface area (Å²) in [6, 6.07) is 22.9. The summed E-state index contributed by atoms with van der Waals surface area (Å²) in [5.74, 6) is 0. The average molecular weight is 326 g/mol. The molecule has 0 saturated carbocycles. The second-order valence-electron chi connectivity index (χ2n) is 6.57. The van der Waals surface area contributed by atoms with Crippen LogP contribution >= 0.6 is 0 Å². The molecule has 1 aromatic heterocycles. The van der Waals surface area contributed by atoms with Gasteiger partial charge in [0.05, 0.1) is 6.10 Å². The van der Waals surface area contributed by atoms with Crippen molar-refractivity contribution in [2.45, 2.75) is 19.4 Å². The van der Waals surface area contributed by atoms with Crippen LogP contribution < -0.4 is 0 Å². The van der Waals surface area contributed by atoms with Gasteiger partial charge in [0.1, 0.15) is 11.2 Å². The van der Waals surface area contributed by atoms with Crippen LogP contribution in [0.1, 0.15) is 25.0 Å². The fraction of sp³-hybridized carbons (Fsp3) is 0.130. The Bertz CT molecular complexity index is 1250. The predicted molar refractivity (Wildman–Crippen MR) is 104 cm³/mol. The number of hydrogen-bond acceptors (Lipinski definition) is 2. The van der Waals surface area contributed by atoms with E-state index in [9.17, 15) is 5.11 Å². The molecule has 0 bridgehead atoms. The first kappa shape index (κ1) is 14.5. The zero-order chi connectivity index (χ0) is 17.0. The van der Waals surface area contributed by atoms with E-state index in [1.165, 1.54) is 5.39 Å². The first-order valence-electron chi connectivity index (χ1n) is 8.71. The zero-order valence-corrected chi connectivity index (χ0v) is 14.0. The number of benzene rings is 4. The predicted octanol–water partition coefficient (Wildman–Crippen LogP) is 6.34. The minimum Gasteiger partial charge on any atom is -0.455 e. The molecule has 0 radical (unpaired) electrons. The van der Waals surface area contributed by atoms with Gasteiger partial charge in [-0.3, -0.25) is 0 Å². The molecule has 1 unspecified atom stereocenters. The summed E-state index contributed by atoms with van der Waals surface area (Å²) in [4.78, 5) is 0. The van der Waals surface area contributed by atoms with E-state index in [-0.39, 0.29) is 0 Å². The summed E-state index contributed by atoms with van der Waals surface area (Å²) < 4.78 is 6.30. The molecule has 2 nitrogen and oxygen atoms in total. The van der Waals surface area contributed by atoms with Crippen LogP contribution in [0.2, 0.25) is 0 Å². The van der Waals surface area contributed by atoms with Crippen LogP contribution in [-0.4, -0.2) is 5.11 Å². The highest BCUT2D eigenvalue weighted by Gasteiger charge is 2.17. The molecule has 122 valence electrons. The number of hydrogen-bond donors (Lipinski definition) is 1. The summed E-state index contributed by atoms with van der Waals surface area (Å²) in [6.07, 6.45) is 0.192. The van der Waals surface area contributed by atoms with Crippen molar-refractivity contribution in [3.05, 3.63) is 72.3 Å². The van der Waals surface area contributed by atoms with Gasteiger partial charge in [0.15, 0.2) is 0 Å². The molecule has 4 aromatic carbocycles. The van der Waals surface area contributed by atoms with Gasteiger partial charge in [-0.15, -0.1) is 0 Å². The summed E-state index contributed by atoms with van der Waals surface area (Å²) in [7, 11) is 0. The van der Waals surface area contributed by atoms with Gasteiger partial charge >= 0.3 is 0 Å². The molecule has 0 aliphatic carbocycles. The number of furan rings is 1. The molecule has 5 aromatic rings. The number of fused-ring (bicyclic) bond motifs is 7. The van der Waals surface area contributed by atoms with E-state index in [1.54, 1.807) is 0 Å². The monoisotopic (exact) mass is 326 g/mol. The smallest absolute Gasteiger partial charge is 0.143 e. The number of rotatable bonds is 2. The van der Waals surface area contributed by atoms with Crippen LogP contribution in [0.15, 0.2) is 71.1 Å². The normalized spacial score (nSPS) is 13.2. The van der Waals surface area contributed by atoms with Crippen LogP contribution in [0, 0.1) is 0 Å². The van der Waals surface area contributed by atoms with Gasteiger partial charge in [-0.1, -0.05) is 61.5 Å². The van der Waals surface area contributed by atoms with Crippen molar-refractivity contribution in [2.24, 2.45) is 0 Å². The van der Waals surface area contributed by atoms with Crippen molar-refractivity contribution >= 4 is 43.5 Å². The van der Waals surface area contributed by atoms with E-state index in [2.05, 4.69) is 36.4 Å². The number of aliphatic hydroxyl groups is 1. The van der Waals surface area contributed by atoms with Crippen molar-refractivity contribution in [3.8, 4) is 0 Å². The Morgan fingerprint density at radius 2 is 1.56 bits per heavy atom. The maximum absolute atomic E-state index is 10.5. The molecule has 0 aliphatic rings. The van der Waals surface area contributed by atoms with Gasteiger partial charge in [0, 0.05) is 16.2 Å². The average Bonchev–Trinajstić information content (AvgIpc) is 3.06. The SMILES string of the molecule is CCC(O)c1cc2oc3c4ccccc4ccc3c2c2ccccc12. The maximum Gasteiger partial charge on any atom is 0.143 e. The molecular weight excluding hydrogens is 308 g/mol. The van der Waals surface area contributed by atoms with Gasteiger partial charge < -0.3 is 9.52 Å². The van der Waals surface area contributed by atoms with E-state index in [0.717, 1.165) is 43.7 Å². The highest BCUT2D eigenvalue weighted by molar-refractivity contribution is 6.23. The van der Waals surface area contributed by atoms with E-state index in [0.29, 0.717) is 6.42 Å². The Morgan fingerprint density at radius 3 is 2.36 bits per heavy atom. The quantitative estimate of drug-likeness (QED) is 0.411. The van der Waals surface area contributed by atoms with Gasteiger partial charge in [-0.05, 0) is 40.3 Å². The van der Waals surface area contributed by atoms with Gasteiger partial charge in [0.2, 0.25) is 0 Å². The van der Waals surface area contributed by atoms with Crippen molar-refractivity contribution in [1.82, 2.24) is 0 Å². The topological polar surface area (TPSA) is 33.4 Å². The van der Waals surface area contributed by atoms with E-state index in [1.807, 2.05) is 37.3 Å². The van der Waals surface area contributed by atoms with Crippen LogP contribution in [0.3, 0.4) is 0 Å². The fourth-order valence-corrected chi connectivity index (χ4v) is 3.89. The van der Waals surface area contributed by atoms with Crippen molar-refractivity contribution in [2.75, 3.05) is 0 Å². The third kappa shape index (κ3) is 2.01. The molecular formula is C23H18O2. The molecule has 25 heavy (non-hydrogen) atoms. The zero-order valence-electron chi connectivity index (χ0n) is 14.0. The lowest BCUT2D eigenvalue weighted by Gasteiger charge is -2.12. The molecule has 1 N–H and O–H groups in total. The lowest BCUT2D eigenvalue weighted by atomic mass is 9.95. The van der Waals surface area contributed by atoms with Crippen LogP contribution in [0.25, 0.3) is 43.5 Å². The highest BCUT2D eigenvalue weighted by Crippen LogP contribution is 2.40. The third-order valence-electron chi connectivity index (χ3n) is 5.15. The van der Waals surface area contributed by atoms with Crippen LogP contribution in [0.4, 0.5) is 0 Å². The van der Waals surface area contributed by atoms with Gasteiger partial charge in [-0.25, -0.2) is 0 Å². The van der Waals surface area contributed by atoms with Crippen LogP contribution in [0.5, 0.6) is 0 Å². The van der Waals surface area contributed by atoms with E-state index in [4.69, 9.17) is 4.42 Å². The summed E-state index contributed by atoms with van der Waals surface area (Å²) in [5.41, 5.74) is 2.70. The van der Waals surface area contributed by atoms with Gasteiger partial charge in [-0.2, -0.15) is 0 Å². The highest BCUT2D eigenvalue weighted by atomic mass is 16.3. The Morgan fingerprint density at radius 1 is 0.840 bits per heavy atom. The molecule has 1 heterocycles. The second kappa shape index (κ2) is 5.33. The molecule has 0 fully saturated rings. The summed E-state index contributed by atoms with van der Waals surface area (Å²) in [5, 5.41) is 17.3. The second-order valence-corrected chi connectivity index (χ2v) is 6.57. The standard InChI is InChI=1S/C23H18O2/c1-2-20(24)19-13-21-22(17-10-6-5-9-16(17)19)18-12-11-14-7-3-4-8-15(14)23(18)25-21/h3-13,20,24H,2H2,1H3. The number of aliphatic hydroxyl groups excluding tert-OH is 1. The van der Waals surface area contributed by atoms with E-state index < -0.39 is 6.10 Å². The molecule has 1 atom stereocenters. The lowest BCUT2D eigenvalue weighted by Crippen LogP contribution is -1.96. The summed E-state index contributed by atoms with van der Waals surface area (Å²) in [6.45, 7) is 2.00. The molecule has 2 heteroatoms. The summed E-state index contributed by atoms with van der Waals surface area (Å²) >= 11 is 0. The van der Waals surface area contributed by atoms with Crippen molar-refractivity contribution < 1.29 is 9.52 Å². The van der Waals surface area contributed by atoms with Gasteiger partial charge in [0.25, 0.3) is 0 Å². The lowest BCUT2D eigenvalue weighted by molar-refractivity contribution is 0.175. The van der Waals surface area contributed by atoms with E-state index >= 15 is 0 Å². The fourth-order valence-electron chi connectivity index (χ4n) is 3.89. The first-order chi connectivity index (χ1) is 12.3. The Balaban J connectivity index is 2.02. The largest absolute Gasteiger partial charge is 0.455 e. The molecule has 0 spiro atoms. The Kier molecular flexibility index (Phi) is 3.09. The Labute approximate surface area is 145 Å². The van der Waals surface area contributed by atoms with Crippen molar-refractivity contribution in [1.29, 1.82) is 0 Å². The van der Waals surface area contributed by atoms with Crippen LogP contribution in [-0.2, 0) is 0 Å². The minimum atomic E-state index is -0.487. The maximum atomic E-state index is 10.5. The minimum absolute atomic E-state index is 0.487. The molecule has 0 amide bonds. The molecule has 0 saturated heterocycles. The Hall–Kier alpha value is -2.84. The molecule has 0 aliphatic heterocycles. The third-order valence-corrected chi connectivity index (χ3v) is 5.15.